The summed E-state index contributed by atoms with van der Waals surface area (Å²) in [7, 11) is 0. The van der Waals surface area contributed by atoms with Crippen LogP contribution < -0.4 is 4.90 Å². The van der Waals surface area contributed by atoms with Crippen LogP contribution in [0.4, 0.5) is 5.69 Å². The van der Waals surface area contributed by atoms with E-state index in [1.807, 2.05) is 164 Å². The van der Waals surface area contributed by atoms with E-state index in [-0.39, 0.29) is 17.6 Å². The average Bonchev–Trinajstić information content (AvgIpc) is 3.65. The topological polar surface area (TPSA) is 54.5 Å². The van der Waals surface area contributed by atoms with Gasteiger partial charge < -0.3 is 0 Å². The summed E-state index contributed by atoms with van der Waals surface area (Å²) >= 11 is 0. The van der Waals surface area contributed by atoms with Crippen molar-refractivity contribution >= 4 is 45.2 Å². The van der Waals surface area contributed by atoms with Crippen LogP contribution in [-0.4, -0.2) is 17.6 Å². The van der Waals surface area contributed by atoms with E-state index >= 15 is 14.4 Å². The van der Waals surface area contributed by atoms with Crippen molar-refractivity contribution in [1.29, 1.82) is 0 Å². The van der Waals surface area contributed by atoms with Crippen LogP contribution in [0.1, 0.15) is 22.3 Å². The number of rotatable bonds is 5. The second-order valence-corrected chi connectivity index (χ2v) is 12.6. The first-order chi connectivity index (χ1) is 23.1. The lowest BCUT2D eigenvalue weighted by molar-refractivity contribution is -0.130. The standard InChI is InChI=1S/C43H29NO3/c45-39-37-38(40(46)44(39)34-27-15-21-28-16-13-14-26-33(28)34)43(32-24-11-4-12-25-32)36(30-19-7-2-8-20-30)35(29-17-5-1-6-18-29)42(37,41(43)47)31-22-9-3-10-23-31/h1-27,37-38H/t37-,38+,42-,43+. The molecule has 1 saturated carbocycles. The van der Waals surface area contributed by atoms with Gasteiger partial charge in [-0.15, -0.1) is 0 Å². The third kappa shape index (κ3) is 3.39. The Bertz CT molecular complexity index is 2140. The van der Waals surface area contributed by atoms with Crippen LogP contribution in [0.15, 0.2) is 164 Å². The molecule has 0 N–H and O–H groups in total. The van der Waals surface area contributed by atoms with Gasteiger partial charge in [-0.2, -0.15) is 0 Å². The minimum atomic E-state index is -1.42. The summed E-state index contributed by atoms with van der Waals surface area (Å²) in [5.74, 6) is -2.70. The summed E-state index contributed by atoms with van der Waals surface area (Å²) in [5.41, 5.74) is 2.49. The van der Waals surface area contributed by atoms with Gasteiger partial charge in [0.25, 0.3) is 0 Å². The Morgan fingerprint density at radius 1 is 0.426 bits per heavy atom. The fraction of sp³-hybridized carbons (Fsp3) is 0.0930. The minimum absolute atomic E-state index is 0.116. The highest BCUT2D eigenvalue weighted by molar-refractivity contribution is 6.39. The summed E-state index contributed by atoms with van der Waals surface area (Å²) in [5, 5.41) is 1.75. The van der Waals surface area contributed by atoms with E-state index in [4.69, 9.17) is 0 Å². The maximum Gasteiger partial charge on any atom is 0.239 e. The first-order valence-electron chi connectivity index (χ1n) is 16.0. The van der Waals surface area contributed by atoms with Crippen molar-refractivity contribution in [3.8, 4) is 0 Å². The van der Waals surface area contributed by atoms with Crippen molar-refractivity contribution in [1.82, 2.24) is 0 Å². The van der Waals surface area contributed by atoms with Gasteiger partial charge in [-0.05, 0) is 44.9 Å². The van der Waals surface area contributed by atoms with Gasteiger partial charge in [0.1, 0.15) is 0 Å². The Balaban J connectivity index is 1.45. The van der Waals surface area contributed by atoms with E-state index in [1.165, 1.54) is 4.90 Å². The number of hydrogen-bond donors (Lipinski definition) is 0. The molecule has 0 aromatic heterocycles. The number of benzene rings is 6. The smallest absolute Gasteiger partial charge is 0.239 e. The van der Waals surface area contributed by atoms with Crippen molar-refractivity contribution in [3.63, 3.8) is 0 Å². The van der Waals surface area contributed by atoms with Gasteiger partial charge in [-0.1, -0.05) is 158 Å². The number of nitrogens with zero attached hydrogens (tertiary/aromatic N) is 1. The number of Topliss-reactive ketones (excluding diaryl/α,β-unsaturated/α-hetero) is 1. The zero-order chi connectivity index (χ0) is 31.8. The Morgan fingerprint density at radius 3 is 1.32 bits per heavy atom. The monoisotopic (exact) mass is 607 g/mol. The number of amides is 2. The predicted molar refractivity (Wildman–Crippen MR) is 184 cm³/mol. The number of fused-ring (bicyclic) bond motifs is 6. The molecular formula is C43H29NO3. The molecule has 2 amide bonds. The molecular weight excluding hydrogens is 578 g/mol. The van der Waals surface area contributed by atoms with Gasteiger partial charge >= 0.3 is 0 Å². The second kappa shape index (κ2) is 10.1. The van der Waals surface area contributed by atoms with Crippen LogP contribution in [0.5, 0.6) is 0 Å². The number of carbonyl (C=O) groups is 3. The highest BCUT2D eigenvalue weighted by atomic mass is 16.2. The van der Waals surface area contributed by atoms with Gasteiger partial charge in [-0.3, -0.25) is 14.4 Å². The molecule has 2 bridgehead atoms. The fourth-order valence-corrected chi connectivity index (χ4v) is 8.97. The summed E-state index contributed by atoms with van der Waals surface area (Å²) < 4.78 is 0. The molecule has 6 aromatic rings. The maximum atomic E-state index is 16.0. The van der Waals surface area contributed by atoms with E-state index < -0.39 is 22.7 Å². The summed E-state index contributed by atoms with van der Waals surface area (Å²) in [6.07, 6.45) is 0. The number of anilines is 1. The third-order valence-corrected chi connectivity index (χ3v) is 10.6. The van der Waals surface area contributed by atoms with Gasteiger partial charge in [0.2, 0.25) is 11.8 Å². The van der Waals surface area contributed by atoms with Crippen molar-refractivity contribution < 1.29 is 14.4 Å². The largest absolute Gasteiger partial charge is 0.297 e. The fourth-order valence-electron chi connectivity index (χ4n) is 8.97. The molecule has 6 aromatic carbocycles. The predicted octanol–water partition coefficient (Wildman–Crippen LogP) is 8.03. The molecule has 224 valence electrons. The molecule has 0 unspecified atom stereocenters. The van der Waals surface area contributed by atoms with E-state index in [9.17, 15) is 0 Å². The molecule has 1 saturated heterocycles. The second-order valence-electron chi connectivity index (χ2n) is 12.6. The molecule has 1 aliphatic heterocycles. The lowest BCUT2D eigenvalue weighted by Gasteiger charge is -2.39. The van der Waals surface area contributed by atoms with E-state index in [0.29, 0.717) is 5.69 Å². The Hall–Kier alpha value is -5.87. The molecule has 47 heavy (non-hydrogen) atoms. The summed E-state index contributed by atoms with van der Waals surface area (Å²) in [4.78, 5) is 47.9. The molecule has 1 heterocycles. The first kappa shape index (κ1) is 27.4. The number of imide groups is 1. The zero-order valence-corrected chi connectivity index (χ0v) is 25.4. The molecule has 4 nitrogen and oxygen atoms in total. The van der Waals surface area contributed by atoms with Crippen LogP contribution in [0.2, 0.25) is 0 Å². The number of hydrogen-bond acceptors (Lipinski definition) is 3. The zero-order valence-electron chi connectivity index (χ0n) is 25.4. The quantitative estimate of drug-likeness (QED) is 0.187. The average molecular weight is 608 g/mol. The third-order valence-electron chi connectivity index (χ3n) is 10.6. The Kier molecular flexibility index (Phi) is 5.88. The van der Waals surface area contributed by atoms with Crippen molar-refractivity contribution in [2.45, 2.75) is 10.8 Å². The van der Waals surface area contributed by atoms with Crippen LogP contribution >= 0.6 is 0 Å². The molecule has 2 aliphatic carbocycles. The molecule has 4 heteroatoms. The van der Waals surface area contributed by atoms with E-state index in [0.717, 1.165) is 44.2 Å². The SMILES string of the molecule is O=C1[C@@H]2[C@H](C(=O)N1c1cccc3ccccc13)[C@]1(c3ccccc3)C(=O)[C@@]2(c2ccccc2)C(c2ccccc2)=C1c1ccccc1. The summed E-state index contributed by atoms with van der Waals surface area (Å²) in [6, 6.07) is 52.7. The molecule has 2 fully saturated rings. The highest BCUT2D eigenvalue weighted by Crippen LogP contribution is 2.74. The molecule has 0 spiro atoms. The van der Waals surface area contributed by atoms with Crippen LogP contribution in [-0.2, 0) is 25.2 Å². The molecule has 3 aliphatic rings. The van der Waals surface area contributed by atoms with Crippen molar-refractivity contribution in [3.05, 3.63) is 186 Å². The molecule has 0 radical (unpaired) electrons. The molecule has 9 rings (SSSR count). The lowest BCUT2D eigenvalue weighted by Crippen LogP contribution is -2.45. The van der Waals surface area contributed by atoms with Crippen LogP contribution in [0.25, 0.3) is 21.9 Å². The lowest BCUT2D eigenvalue weighted by atomic mass is 9.59. The first-order valence-corrected chi connectivity index (χ1v) is 16.0. The van der Waals surface area contributed by atoms with Gasteiger partial charge in [0.15, 0.2) is 5.78 Å². The Morgan fingerprint density at radius 2 is 0.830 bits per heavy atom. The van der Waals surface area contributed by atoms with E-state index in [2.05, 4.69) is 0 Å². The summed E-state index contributed by atoms with van der Waals surface area (Å²) in [6.45, 7) is 0. The number of ketones is 1. The highest BCUT2D eigenvalue weighted by Gasteiger charge is 2.82. The van der Waals surface area contributed by atoms with Crippen LogP contribution in [0.3, 0.4) is 0 Å². The van der Waals surface area contributed by atoms with Gasteiger partial charge in [0.05, 0.1) is 28.4 Å². The van der Waals surface area contributed by atoms with Gasteiger partial charge in [0, 0.05) is 5.39 Å². The van der Waals surface area contributed by atoms with Crippen molar-refractivity contribution in [2.24, 2.45) is 11.8 Å². The van der Waals surface area contributed by atoms with Crippen LogP contribution in [0, 0.1) is 11.8 Å². The Labute approximate surface area is 272 Å². The minimum Gasteiger partial charge on any atom is -0.297 e. The van der Waals surface area contributed by atoms with E-state index in [1.54, 1.807) is 0 Å². The molecule has 4 atom stereocenters. The normalized spacial score (nSPS) is 24.8. The maximum absolute atomic E-state index is 16.0. The number of allylic oxidation sites excluding steroid dienone is 2. The van der Waals surface area contributed by atoms with Crippen molar-refractivity contribution in [2.75, 3.05) is 4.90 Å². The number of carbonyl (C=O) groups excluding carboxylic acids is 3. The van der Waals surface area contributed by atoms with Gasteiger partial charge in [-0.25, -0.2) is 4.90 Å².